The van der Waals surface area contributed by atoms with Crippen LogP contribution in [0, 0.1) is 0 Å². The molecule has 0 aromatic rings. The lowest BCUT2D eigenvalue weighted by Crippen LogP contribution is -1.93. The average molecular weight is 292 g/mol. The second-order valence-corrected chi connectivity index (χ2v) is 2.37. The van der Waals surface area contributed by atoms with Crippen LogP contribution >= 0.6 is 0 Å². The van der Waals surface area contributed by atoms with Gasteiger partial charge in [-0.2, -0.15) is 0 Å². The zero-order valence-electron chi connectivity index (χ0n) is 8.24. The maximum absolute atomic E-state index is 11.4. The lowest BCUT2D eigenvalue weighted by molar-refractivity contribution is 0.146. The van der Waals surface area contributed by atoms with Crippen LogP contribution in [0.15, 0.2) is 23.8 Å². The summed E-state index contributed by atoms with van der Waals surface area (Å²) in [5.74, 6) is -4.16. The van der Waals surface area contributed by atoms with Crippen LogP contribution < -0.4 is 0 Å². The monoisotopic (exact) mass is 292 g/mol. The molecule has 0 rings (SSSR count). The molecule has 0 nitrogen and oxygen atoms in total. The predicted octanol–water partition coefficient (Wildman–Crippen LogP) is 4.74. The maximum atomic E-state index is 11.4. The molecule has 0 amide bonds. The first kappa shape index (κ1) is 19.1. The molecule has 0 unspecified atom stereocenters. The van der Waals surface area contributed by atoms with E-state index in [4.69, 9.17) is 0 Å². The van der Waals surface area contributed by atoms with Crippen molar-refractivity contribution in [2.24, 2.45) is 0 Å². The first-order valence-electron chi connectivity index (χ1n) is 3.95. The van der Waals surface area contributed by atoms with Crippen molar-refractivity contribution in [1.82, 2.24) is 0 Å². The van der Waals surface area contributed by atoms with Gasteiger partial charge in [0.05, 0.1) is 0 Å². The molecule has 0 heterocycles. The van der Waals surface area contributed by atoms with Crippen molar-refractivity contribution in [2.45, 2.75) is 25.7 Å². The van der Waals surface area contributed by atoms with E-state index in [1.165, 1.54) is 0 Å². The molecule has 0 bridgehead atoms. The highest BCUT2D eigenvalue weighted by atomic mass is 19.3. The molecule has 0 saturated heterocycles. The van der Waals surface area contributed by atoms with Gasteiger partial charge in [-0.25, -0.2) is 43.9 Å². The molecular formula is C8H6F10. The first-order valence-corrected chi connectivity index (χ1v) is 3.95. The Morgan fingerprint density at radius 1 is 0.556 bits per heavy atom. The Morgan fingerprint density at radius 3 is 0.833 bits per heavy atom. The molecule has 0 aliphatic carbocycles. The molecule has 0 atom stereocenters. The standard InChI is InChI=1S/2C4H3F5/c2*5-2(4(8)9)1-3(6)7/h2*1,3-4H. The Balaban J connectivity index is 0. The Labute approximate surface area is 94.6 Å². The molecule has 0 aliphatic heterocycles. The fraction of sp³-hybridized carbons (Fsp3) is 0.500. The highest BCUT2D eigenvalue weighted by Crippen LogP contribution is 2.12. The van der Waals surface area contributed by atoms with Gasteiger partial charge in [-0.1, -0.05) is 0 Å². The summed E-state index contributed by atoms with van der Waals surface area (Å²) < 4.78 is 111. The zero-order valence-corrected chi connectivity index (χ0v) is 8.24. The van der Waals surface area contributed by atoms with Crippen LogP contribution in [0.1, 0.15) is 0 Å². The SMILES string of the molecule is FC(=CC(F)F)C(F)F.FC(=CC(F)F)C(F)F. The van der Waals surface area contributed by atoms with E-state index in [-0.39, 0.29) is 0 Å². The molecule has 0 aromatic heterocycles. The van der Waals surface area contributed by atoms with E-state index < -0.39 is 49.5 Å². The minimum atomic E-state index is -3.43. The van der Waals surface area contributed by atoms with Crippen molar-refractivity contribution in [3.05, 3.63) is 23.8 Å². The van der Waals surface area contributed by atoms with E-state index in [0.717, 1.165) is 0 Å². The molecule has 0 saturated carbocycles. The first-order chi connectivity index (χ1) is 8.07. The minimum absolute atomic E-state index is 0.426. The van der Waals surface area contributed by atoms with Gasteiger partial charge in [0.2, 0.25) is 0 Å². The summed E-state index contributed by atoms with van der Waals surface area (Å²) in [4.78, 5) is 0. The van der Waals surface area contributed by atoms with E-state index >= 15 is 0 Å². The van der Waals surface area contributed by atoms with Crippen LogP contribution in [0.5, 0.6) is 0 Å². The van der Waals surface area contributed by atoms with Crippen LogP contribution in [0.4, 0.5) is 43.9 Å². The summed E-state index contributed by atoms with van der Waals surface area (Å²) in [5.41, 5.74) is 0. The molecule has 0 aromatic carbocycles. The molecule has 108 valence electrons. The Morgan fingerprint density at radius 2 is 0.778 bits per heavy atom. The van der Waals surface area contributed by atoms with Crippen molar-refractivity contribution in [3.63, 3.8) is 0 Å². The number of alkyl halides is 8. The van der Waals surface area contributed by atoms with Gasteiger partial charge in [0.25, 0.3) is 25.7 Å². The molecular weight excluding hydrogens is 286 g/mol. The molecule has 0 N–H and O–H groups in total. The Bertz CT molecular complexity index is 239. The summed E-state index contributed by atoms with van der Waals surface area (Å²) in [6, 6.07) is 0. The summed E-state index contributed by atoms with van der Waals surface area (Å²) in [6.45, 7) is 0. The highest BCUT2D eigenvalue weighted by Gasteiger charge is 2.12. The Hall–Kier alpha value is -1.22. The van der Waals surface area contributed by atoms with Crippen molar-refractivity contribution in [1.29, 1.82) is 0 Å². The normalized spacial score (nSPS) is 13.4. The van der Waals surface area contributed by atoms with Gasteiger partial charge in [0.1, 0.15) is 0 Å². The molecule has 10 heteroatoms. The molecule has 0 spiro atoms. The van der Waals surface area contributed by atoms with Gasteiger partial charge in [-0.3, -0.25) is 0 Å². The van der Waals surface area contributed by atoms with Gasteiger partial charge in [0, 0.05) is 12.2 Å². The topological polar surface area (TPSA) is 0 Å². The Kier molecular flexibility index (Phi) is 10.4. The number of halogens is 10. The molecule has 0 aliphatic rings. The maximum Gasteiger partial charge on any atom is 0.289 e. The van der Waals surface area contributed by atoms with Gasteiger partial charge >= 0.3 is 0 Å². The number of allylic oxidation sites excluding steroid dienone is 4. The van der Waals surface area contributed by atoms with Crippen molar-refractivity contribution in [3.8, 4) is 0 Å². The van der Waals surface area contributed by atoms with Gasteiger partial charge < -0.3 is 0 Å². The summed E-state index contributed by atoms with van der Waals surface area (Å²) >= 11 is 0. The number of hydrogen-bond acceptors (Lipinski definition) is 0. The van der Waals surface area contributed by atoms with Gasteiger partial charge in [-0.15, -0.1) is 0 Å². The third kappa shape index (κ3) is 12.8. The highest BCUT2D eigenvalue weighted by molar-refractivity contribution is 4.96. The molecule has 18 heavy (non-hydrogen) atoms. The third-order valence-corrected chi connectivity index (χ3v) is 0.987. The molecule has 0 radical (unpaired) electrons. The summed E-state index contributed by atoms with van der Waals surface area (Å²) in [7, 11) is 0. The van der Waals surface area contributed by atoms with Crippen LogP contribution in [0.3, 0.4) is 0 Å². The van der Waals surface area contributed by atoms with Crippen LogP contribution in [0.25, 0.3) is 0 Å². The van der Waals surface area contributed by atoms with Crippen molar-refractivity contribution >= 4 is 0 Å². The fourth-order valence-corrected chi connectivity index (χ4v) is 0.386. The smallest absolute Gasteiger partial charge is 0.206 e. The summed E-state index contributed by atoms with van der Waals surface area (Å²) in [5, 5.41) is 0. The predicted molar refractivity (Wildman–Crippen MR) is 42.4 cm³/mol. The number of rotatable bonds is 4. The zero-order chi connectivity index (χ0) is 14.9. The minimum Gasteiger partial charge on any atom is -0.206 e. The number of hydrogen-bond donors (Lipinski definition) is 0. The van der Waals surface area contributed by atoms with Gasteiger partial charge in [-0.05, 0) is 0 Å². The third-order valence-electron chi connectivity index (χ3n) is 0.987. The van der Waals surface area contributed by atoms with Crippen molar-refractivity contribution < 1.29 is 43.9 Å². The second-order valence-electron chi connectivity index (χ2n) is 2.37. The van der Waals surface area contributed by atoms with E-state index in [9.17, 15) is 43.9 Å². The lowest BCUT2D eigenvalue weighted by atomic mass is 10.5. The summed E-state index contributed by atoms with van der Waals surface area (Å²) in [6.07, 6.45) is -14.0. The van der Waals surface area contributed by atoms with Crippen molar-refractivity contribution in [2.75, 3.05) is 0 Å². The van der Waals surface area contributed by atoms with E-state index in [1.807, 2.05) is 0 Å². The van der Waals surface area contributed by atoms with Crippen LogP contribution in [0.2, 0.25) is 0 Å². The molecule has 0 fully saturated rings. The van der Waals surface area contributed by atoms with E-state index in [2.05, 4.69) is 0 Å². The van der Waals surface area contributed by atoms with Gasteiger partial charge in [0.15, 0.2) is 11.7 Å². The van der Waals surface area contributed by atoms with Crippen LogP contribution in [-0.4, -0.2) is 25.7 Å². The fourth-order valence-electron chi connectivity index (χ4n) is 0.386. The van der Waals surface area contributed by atoms with E-state index in [1.54, 1.807) is 0 Å². The lowest BCUT2D eigenvalue weighted by Gasteiger charge is -1.91. The quantitative estimate of drug-likeness (QED) is 0.656. The van der Waals surface area contributed by atoms with E-state index in [0.29, 0.717) is 0 Å². The van der Waals surface area contributed by atoms with Crippen LogP contribution in [-0.2, 0) is 0 Å². The largest absolute Gasteiger partial charge is 0.289 e. The second kappa shape index (κ2) is 9.77. The average Bonchev–Trinajstić information content (AvgIpc) is 2.16.